The molecule has 2 aliphatic rings. The lowest BCUT2D eigenvalue weighted by molar-refractivity contribution is -0.123. The number of carbonyl (C=O) groups excluding carboxylic acids is 1. The number of amides is 1. The van der Waals surface area contributed by atoms with E-state index in [0.29, 0.717) is 6.42 Å². The smallest absolute Gasteiger partial charge is 0.239 e. The summed E-state index contributed by atoms with van der Waals surface area (Å²) in [4.78, 5) is 12.4. The van der Waals surface area contributed by atoms with Crippen LogP contribution in [0.4, 0.5) is 0 Å². The van der Waals surface area contributed by atoms with Crippen LogP contribution < -0.4 is 21.7 Å². The highest BCUT2D eigenvalue weighted by molar-refractivity contribution is 5.81. The average molecular weight is 338 g/mol. The van der Waals surface area contributed by atoms with Crippen LogP contribution >= 0.6 is 0 Å². The molecule has 0 bridgehead atoms. The Hall–Kier alpha value is -2.25. The highest BCUT2D eigenvalue weighted by Crippen LogP contribution is 2.37. The predicted octanol–water partition coefficient (Wildman–Crippen LogP) is 1.15. The summed E-state index contributed by atoms with van der Waals surface area (Å²) >= 11 is 0. The summed E-state index contributed by atoms with van der Waals surface area (Å²) in [5, 5.41) is 10.4. The Morgan fingerprint density at radius 1 is 0.800 bits per heavy atom. The maximum Gasteiger partial charge on any atom is 0.239 e. The van der Waals surface area contributed by atoms with Gasteiger partial charge in [0.15, 0.2) is 0 Å². The maximum atomic E-state index is 12.4. The van der Waals surface area contributed by atoms with E-state index in [2.05, 4.69) is 21.7 Å². The molecule has 0 spiro atoms. The normalized spacial score (nSPS) is 31.9. The van der Waals surface area contributed by atoms with Crippen molar-refractivity contribution in [3.05, 3.63) is 71.8 Å². The predicted molar refractivity (Wildman–Crippen MR) is 93.5 cm³/mol. The number of hydrogen-bond acceptors (Lipinski definition) is 5. The van der Waals surface area contributed by atoms with Crippen LogP contribution in [-0.4, -0.2) is 17.2 Å². The number of rotatable bonds is 4. The summed E-state index contributed by atoms with van der Waals surface area (Å²) in [5.74, 6) is -0.376. The van der Waals surface area contributed by atoms with Crippen molar-refractivity contribution < 1.29 is 9.90 Å². The van der Waals surface area contributed by atoms with Gasteiger partial charge < -0.3 is 5.11 Å². The van der Waals surface area contributed by atoms with E-state index in [4.69, 9.17) is 0 Å². The van der Waals surface area contributed by atoms with Gasteiger partial charge in [0.05, 0.1) is 18.0 Å². The molecule has 0 aromatic heterocycles. The Kier molecular flexibility index (Phi) is 4.50. The second kappa shape index (κ2) is 6.93. The minimum Gasteiger partial charge on any atom is -0.377 e. The first-order valence-corrected chi connectivity index (χ1v) is 8.58. The van der Waals surface area contributed by atoms with E-state index in [1.165, 1.54) is 0 Å². The lowest BCUT2D eigenvalue weighted by Crippen LogP contribution is -2.32. The largest absolute Gasteiger partial charge is 0.377 e. The molecule has 6 heteroatoms. The molecule has 5 N–H and O–H groups in total. The van der Waals surface area contributed by atoms with Crippen molar-refractivity contribution >= 4 is 5.91 Å². The fraction of sp³-hybridized carbons (Fsp3) is 0.316. The van der Waals surface area contributed by atoms with Crippen LogP contribution in [0.2, 0.25) is 0 Å². The highest BCUT2D eigenvalue weighted by atomic mass is 16.3. The van der Waals surface area contributed by atoms with Crippen molar-refractivity contribution in [3.63, 3.8) is 0 Å². The van der Waals surface area contributed by atoms with Crippen molar-refractivity contribution in [2.75, 3.05) is 0 Å². The first-order valence-electron chi connectivity index (χ1n) is 8.58. The monoisotopic (exact) mass is 338 g/mol. The number of aliphatic hydroxyl groups is 1. The Bertz CT molecular complexity index is 725. The molecule has 2 fully saturated rings. The fourth-order valence-corrected chi connectivity index (χ4v) is 3.83. The molecule has 2 heterocycles. The minimum atomic E-state index is -0.699. The summed E-state index contributed by atoms with van der Waals surface area (Å²) < 4.78 is 0. The third kappa shape index (κ3) is 3.17. The number of benzene rings is 2. The van der Waals surface area contributed by atoms with Crippen LogP contribution in [0.1, 0.15) is 29.6 Å². The molecule has 2 aromatic rings. The number of carbonyl (C=O) groups is 1. The van der Waals surface area contributed by atoms with Gasteiger partial charge in [-0.2, -0.15) is 0 Å². The first-order chi connectivity index (χ1) is 12.2. The second-order valence-electron chi connectivity index (χ2n) is 6.65. The lowest BCUT2D eigenvalue weighted by atomic mass is 9.81. The quantitative estimate of drug-likeness (QED) is 0.578. The topological polar surface area (TPSA) is 85.4 Å². The van der Waals surface area contributed by atoms with E-state index in [9.17, 15) is 9.90 Å². The van der Waals surface area contributed by atoms with Crippen LogP contribution in [0.3, 0.4) is 0 Å². The zero-order chi connectivity index (χ0) is 17.2. The van der Waals surface area contributed by atoms with Crippen molar-refractivity contribution in [2.24, 2.45) is 11.8 Å². The molecule has 130 valence electrons. The van der Waals surface area contributed by atoms with E-state index in [1.54, 1.807) is 0 Å². The van der Waals surface area contributed by atoms with E-state index in [1.807, 2.05) is 60.7 Å². The molecule has 1 amide bonds. The number of aliphatic hydroxyl groups excluding tert-OH is 1. The third-order valence-electron chi connectivity index (χ3n) is 5.15. The summed E-state index contributed by atoms with van der Waals surface area (Å²) in [6.07, 6.45) is -0.130. The molecule has 6 nitrogen and oxygen atoms in total. The molecule has 0 aliphatic carbocycles. The van der Waals surface area contributed by atoms with Gasteiger partial charge in [0.2, 0.25) is 5.91 Å². The van der Waals surface area contributed by atoms with Gasteiger partial charge in [-0.3, -0.25) is 10.2 Å². The van der Waals surface area contributed by atoms with Crippen LogP contribution in [0, 0.1) is 11.8 Å². The van der Waals surface area contributed by atoms with Gasteiger partial charge >= 0.3 is 0 Å². The van der Waals surface area contributed by atoms with Gasteiger partial charge in [-0.05, 0) is 17.5 Å². The number of nitrogens with one attached hydrogen (secondary N) is 4. The van der Waals surface area contributed by atoms with Crippen molar-refractivity contribution in [2.45, 2.75) is 24.7 Å². The van der Waals surface area contributed by atoms with Gasteiger partial charge in [-0.25, -0.2) is 16.3 Å². The maximum absolute atomic E-state index is 12.4. The Balaban J connectivity index is 1.57. The summed E-state index contributed by atoms with van der Waals surface area (Å²) in [6.45, 7) is 0. The van der Waals surface area contributed by atoms with Crippen LogP contribution in [0.5, 0.6) is 0 Å². The van der Waals surface area contributed by atoms with Gasteiger partial charge in [0.1, 0.15) is 6.23 Å². The molecule has 25 heavy (non-hydrogen) atoms. The second-order valence-corrected chi connectivity index (χ2v) is 6.65. The molecule has 0 radical (unpaired) electrons. The molecule has 2 aliphatic heterocycles. The fourth-order valence-electron chi connectivity index (χ4n) is 3.83. The van der Waals surface area contributed by atoms with Gasteiger partial charge in [-0.1, -0.05) is 60.7 Å². The van der Waals surface area contributed by atoms with Crippen molar-refractivity contribution in [1.82, 2.24) is 21.7 Å². The number of hydrogen-bond donors (Lipinski definition) is 5. The van der Waals surface area contributed by atoms with Crippen molar-refractivity contribution in [1.29, 1.82) is 0 Å². The SMILES string of the molecule is O=C1NNC(c2ccccc2)C1CC1C(O)NNC1c1ccccc1. The summed E-state index contributed by atoms with van der Waals surface area (Å²) in [5.41, 5.74) is 14.1. The van der Waals surface area contributed by atoms with Crippen LogP contribution in [0.25, 0.3) is 0 Å². The Labute approximate surface area is 146 Å². The molecule has 4 rings (SSSR count). The third-order valence-corrected chi connectivity index (χ3v) is 5.15. The standard InChI is InChI=1S/C19H22N4O2/c24-18-14(16(20-22-18)12-7-3-1-4-8-12)11-15-17(21-23-19(15)25)13-9-5-2-6-10-13/h1-10,14-18,20-22,24H,11H2,(H,23,25). The van der Waals surface area contributed by atoms with Gasteiger partial charge in [0, 0.05) is 5.92 Å². The van der Waals surface area contributed by atoms with E-state index >= 15 is 0 Å². The molecular formula is C19H22N4O2. The Morgan fingerprint density at radius 2 is 1.40 bits per heavy atom. The zero-order valence-corrected chi connectivity index (χ0v) is 13.7. The highest BCUT2D eigenvalue weighted by Gasteiger charge is 2.43. The summed E-state index contributed by atoms with van der Waals surface area (Å²) in [6, 6.07) is 19.8. The summed E-state index contributed by atoms with van der Waals surface area (Å²) in [7, 11) is 0. The molecular weight excluding hydrogens is 316 g/mol. The van der Waals surface area contributed by atoms with Gasteiger partial charge in [0.25, 0.3) is 0 Å². The van der Waals surface area contributed by atoms with E-state index in [0.717, 1.165) is 11.1 Å². The molecule has 5 unspecified atom stereocenters. The van der Waals surface area contributed by atoms with E-state index < -0.39 is 6.23 Å². The average Bonchev–Trinajstić information content (AvgIpc) is 3.21. The number of hydrazine groups is 2. The van der Waals surface area contributed by atoms with Gasteiger partial charge in [-0.15, -0.1) is 0 Å². The van der Waals surface area contributed by atoms with Crippen LogP contribution in [0.15, 0.2) is 60.7 Å². The molecule has 2 aromatic carbocycles. The minimum absolute atomic E-state index is 0.0280. The Morgan fingerprint density at radius 3 is 2.04 bits per heavy atom. The van der Waals surface area contributed by atoms with Crippen molar-refractivity contribution in [3.8, 4) is 0 Å². The van der Waals surface area contributed by atoms with Crippen LogP contribution in [-0.2, 0) is 4.79 Å². The molecule has 2 saturated heterocycles. The zero-order valence-electron chi connectivity index (χ0n) is 13.7. The lowest BCUT2D eigenvalue weighted by Gasteiger charge is -2.25. The molecule has 0 saturated carbocycles. The molecule has 5 atom stereocenters. The first kappa shape index (κ1) is 16.2. The van der Waals surface area contributed by atoms with E-state index in [-0.39, 0.29) is 29.8 Å².